The lowest BCUT2D eigenvalue weighted by Crippen LogP contribution is -2.61. The number of carbonyl (C=O) groups is 3. The van der Waals surface area contributed by atoms with Gasteiger partial charge in [0, 0.05) is 31.1 Å². The molecular formula is C15H20N4O3. The average molecular weight is 304 g/mol. The fourth-order valence-corrected chi connectivity index (χ4v) is 3.24. The summed E-state index contributed by atoms with van der Waals surface area (Å²) in [5.74, 6) is -1.47. The average Bonchev–Trinajstić information content (AvgIpc) is 3.07. The summed E-state index contributed by atoms with van der Waals surface area (Å²) < 4.78 is 0. The molecule has 2 heterocycles. The van der Waals surface area contributed by atoms with Crippen LogP contribution in [0.1, 0.15) is 26.2 Å². The van der Waals surface area contributed by atoms with Gasteiger partial charge in [0.2, 0.25) is 17.7 Å². The maximum atomic E-state index is 12.2. The van der Waals surface area contributed by atoms with E-state index in [1.165, 1.54) is 0 Å². The highest BCUT2D eigenvalue weighted by atomic mass is 16.2. The summed E-state index contributed by atoms with van der Waals surface area (Å²) >= 11 is 0. The standard InChI is InChI=1S/C15H20N4O3/c1-9(6-16)12(20)18-15(3-4-15)10-7-19(8-10)14(22)11-2-5-17-13(11)21/h9-11H,2-5,7-8H2,1H3,(H,17,21)(H,18,20). The second kappa shape index (κ2) is 5.27. The zero-order valence-electron chi connectivity index (χ0n) is 12.6. The van der Waals surface area contributed by atoms with Crippen LogP contribution in [0, 0.1) is 29.1 Å². The molecule has 1 saturated carbocycles. The van der Waals surface area contributed by atoms with Gasteiger partial charge in [-0.3, -0.25) is 14.4 Å². The Morgan fingerprint density at radius 1 is 1.45 bits per heavy atom. The van der Waals surface area contributed by atoms with E-state index in [1.54, 1.807) is 11.8 Å². The molecule has 2 atom stereocenters. The molecular weight excluding hydrogens is 284 g/mol. The van der Waals surface area contributed by atoms with Crippen molar-refractivity contribution in [3.05, 3.63) is 0 Å². The maximum Gasteiger partial charge on any atom is 0.237 e. The summed E-state index contributed by atoms with van der Waals surface area (Å²) in [5.41, 5.74) is -0.239. The van der Waals surface area contributed by atoms with Crippen LogP contribution in [0.25, 0.3) is 0 Å². The first-order valence-corrected chi connectivity index (χ1v) is 7.75. The van der Waals surface area contributed by atoms with Gasteiger partial charge in [0.25, 0.3) is 0 Å². The topological polar surface area (TPSA) is 102 Å². The fourth-order valence-electron chi connectivity index (χ4n) is 3.24. The number of nitrogens with zero attached hydrogens (tertiary/aromatic N) is 2. The minimum Gasteiger partial charge on any atom is -0.355 e. The van der Waals surface area contributed by atoms with Gasteiger partial charge in [-0.1, -0.05) is 0 Å². The molecule has 7 nitrogen and oxygen atoms in total. The third-order valence-corrected chi connectivity index (χ3v) is 5.07. The predicted octanol–water partition coefficient (Wildman–Crippen LogP) is -0.611. The summed E-state index contributed by atoms with van der Waals surface area (Å²) in [5, 5.41) is 14.4. The Morgan fingerprint density at radius 2 is 2.14 bits per heavy atom. The van der Waals surface area contributed by atoms with Crippen LogP contribution in [0.2, 0.25) is 0 Å². The Bertz CT molecular complexity index is 558. The molecule has 3 amide bonds. The molecule has 3 fully saturated rings. The molecule has 2 aliphatic heterocycles. The summed E-state index contributed by atoms with van der Waals surface area (Å²) in [7, 11) is 0. The zero-order chi connectivity index (χ0) is 15.9. The molecule has 22 heavy (non-hydrogen) atoms. The van der Waals surface area contributed by atoms with E-state index in [0.29, 0.717) is 26.1 Å². The monoisotopic (exact) mass is 304 g/mol. The van der Waals surface area contributed by atoms with Crippen LogP contribution >= 0.6 is 0 Å². The Kier molecular flexibility index (Phi) is 3.55. The Morgan fingerprint density at radius 3 is 2.64 bits per heavy atom. The third-order valence-electron chi connectivity index (χ3n) is 5.07. The summed E-state index contributed by atoms with van der Waals surface area (Å²) in [4.78, 5) is 37.4. The van der Waals surface area contributed by atoms with Crippen molar-refractivity contribution in [2.75, 3.05) is 19.6 Å². The molecule has 2 N–H and O–H groups in total. The number of amides is 3. The molecule has 0 aromatic heterocycles. The number of hydrogen-bond donors (Lipinski definition) is 2. The van der Waals surface area contributed by atoms with Gasteiger partial charge in [-0.15, -0.1) is 0 Å². The highest BCUT2D eigenvalue weighted by Gasteiger charge is 2.56. The van der Waals surface area contributed by atoms with Gasteiger partial charge in [0.15, 0.2) is 0 Å². The van der Waals surface area contributed by atoms with Gasteiger partial charge in [0.1, 0.15) is 11.8 Å². The van der Waals surface area contributed by atoms with Crippen molar-refractivity contribution >= 4 is 17.7 Å². The molecule has 7 heteroatoms. The van der Waals surface area contributed by atoms with E-state index in [-0.39, 0.29) is 29.2 Å². The molecule has 118 valence electrons. The van der Waals surface area contributed by atoms with E-state index in [9.17, 15) is 14.4 Å². The summed E-state index contributed by atoms with van der Waals surface area (Å²) in [6, 6.07) is 1.94. The first-order valence-electron chi connectivity index (χ1n) is 7.75. The molecule has 0 spiro atoms. The lowest BCUT2D eigenvalue weighted by Gasteiger charge is -2.45. The third kappa shape index (κ3) is 2.43. The lowest BCUT2D eigenvalue weighted by atomic mass is 9.87. The molecule has 0 bridgehead atoms. The molecule has 2 unspecified atom stereocenters. The van der Waals surface area contributed by atoms with Gasteiger partial charge < -0.3 is 15.5 Å². The van der Waals surface area contributed by atoms with Gasteiger partial charge in [0.05, 0.1) is 6.07 Å². The predicted molar refractivity (Wildman–Crippen MR) is 76.1 cm³/mol. The van der Waals surface area contributed by atoms with Crippen LogP contribution in [-0.4, -0.2) is 47.8 Å². The van der Waals surface area contributed by atoms with E-state index < -0.39 is 11.8 Å². The lowest BCUT2D eigenvalue weighted by molar-refractivity contribution is -0.146. The van der Waals surface area contributed by atoms with E-state index in [1.807, 2.05) is 6.07 Å². The van der Waals surface area contributed by atoms with E-state index in [4.69, 9.17) is 5.26 Å². The molecule has 0 radical (unpaired) electrons. The van der Waals surface area contributed by atoms with Gasteiger partial charge in [-0.2, -0.15) is 5.26 Å². The number of carbonyl (C=O) groups excluding carboxylic acids is 3. The second-order valence-electron chi connectivity index (χ2n) is 6.57. The number of nitrogens with one attached hydrogen (secondary N) is 2. The van der Waals surface area contributed by atoms with Crippen molar-refractivity contribution in [2.45, 2.75) is 31.7 Å². The first kappa shape index (κ1) is 14.8. The first-order chi connectivity index (χ1) is 10.5. The zero-order valence-corrected chi connectivity index (χ0v) is 12.6. The quantitative estimate of drug-likeness (QED) is 0.676. The van der Waals surface area contributed by atoms with Crippen molar-refractivity contribution in [3.8, 4) is 6.07 Å². The van der Waals surface area contributed by atoms with E-state index in [2.05, 4.69) is 10.6 Å². The minimum absolute atomic E-state index is 0.0984. The Labute approximate surface area is 129 Å². The fraction of sp³-hybridized carbons (Fsp3) is 0.733. The summed E-state index contributed by atoms with van der Waals surface area (Å²) in [6.45, 7) is 3.33. The molecule has 0 aromatic carbocycles. The largest absolute Gasteiger partial charge is 0.355 e. The van der Waals surface area contributed by atoms with Crippen molar-refractivity contribution < 1.29 is 14.4 Å². The van der Waals surface area contributed by atoms with Gasteiger partial charge in [-0.25, -0.2) is 0 Å². The normalized spacial score (nSPS) is 27.4. The molecule has 0 aromatic rings. The number of hydrogen-bond acceptors (Lipinski definition) is 4. The van der Waals surface area contributed by atoms with Crippen LogP contribution in [0.15, 0.2) is 0 Å². The van der Waals surface area contributed by atoms with Crippen LogP contribution in [0.4, 0.5) is 0 Å². The number of nitriles is 1. The van der Waals surface area contributed by atoms with E-state index >= 15 is 0 Å². The number of likely N-dealkylation sites (tertiary alicyclic amines) is 1. The molecule has 3 aliphatic rings. The van der Waals surface area contributed by atoms with Crippen molar-refractivity contribution in [1.29, 1.82) is 5.26 Å². The van der Waals surface area contributed by atoms with Crippen molar-refractivity contribution in [1.82, 2.24) is 15.5 Å². The highest BCUT2D eigenvalue weighted by Crippen LogP contribution is 2.46. The molecule has 2 saturated heterocycles. The minimum atomic E-state index is -0.655. The summed E-state index contributed by atoms with van der Waals surface area (Å²) in [6.07, 6.45) is 2.36. The second-order valence-corrected chi connectivity index (χ2v) is 6.57. The Balaban J connectivity index is 1.53. The van der Waals surface area contributed by atoms with Crippen molar-refractivity contribution in [2.24, 2.45) is 17.8 Å². The van der Waals surface area contributed by atoms with Crippen molar-refractivity contribution in [3.63, 3.8) is 0 Å². The SMILES string of the molecule is CC(C#N)C(=O)NC1(C2CN(C(=O)C3CCNC3=O)C2)CC1. The van der Waals surface area contributed by atoms with Gasteiger partial charge in [-0.05, 0) is 26.2 Å². The highest BCUT2D eigenvalue weighted by molar-refractivity contribution is 6.01. The maximum absolute atomic E-state index is 12.2. The van der Waals surface area contributed by atoms with Gasteiger partial charge >= 0.3 is 0 Å². The van der Waals surface area contributed by atoms with Crippen LogP contribution in [-0.2, 0) is 14.4 Å². The molecule has 3 rings (SSSR count). The Hall–Kier alpha value is -2.10. The smallest absolute Gasteiger partial charge is 0.237 e. The van der Waals surface area contributed by atoms with Crippen LogP contribution in [0.5, 0.6) is 0 Å². The molecule has 1 aliphatic carbocycles. The van der Waals surface area contributed by atoms with E-state index in [0.717, 1.165) is 12.8 Å². The van der Waals surface area contributed by atoms with Crippen LogP contribution in [0.3, 0.4) is 0 Å². The van der Waals surface area contributed by atoms with Crippen LogP contribution < -0.4 is 10.6 Å². The number of rotatable bonds is 4.